The smallest absolute Gasteiger partial charge is 0.262 e. The maximum Gasteiger partial charge on any atom is 0.262 e. The fourth-order valence-corrected chi connectivity index (χ4v) is 3.84. The summed E-state index contributed by atoms with van der Waals surface area (Å²) in [6.07, 6.45) is 1.51. The third kappa shape index (κ3) is 7.27. The van der Waals surface area contributed by atoms with Crippen LogP contribution in [0.25, 0.3) is 0 Å². The fourth-order valence-electron chi connectivity index (χ4n) is 3.33. The number of carbonyl (C=O) groups is 2. The molecule has 1 atom stereocenters. The van der Waals surface area contributed by atoms with E-state index < -0.39 is 11.9 Å². The molecule has 0 saturated heterocycles. The molecule has 0 spiro atoms. The predicted molar refractivity (Wildman–Crippen MR) is 143 cm³/mol. The molecule has 1 unspecified atom stereocenters. The van der Waals surface area contributed by atoms with Gasteiger partial charge < -0.3 is 10.1 Å². The van der Waals surface area contributed by atoms with E-state index in [4.69, 9.17) is 4.74 Å². The number of rotatable bonds is 9. The van der Waals surface area contributed by atoms with E-state index in [1.54, 1.807) is 36.4 Å². The molecule has 2 amide bonds. The monoisotopic (exact) mass is 546 g/mol. The fraction of sp³-hybridized carbons (Fsp3) is 0.214. The Hall–Kier alpha value is -3.96. The molecule has 3 aromatic carbocycles. The van der Waals surface area contributed by atoms with E-state index in [1.807, 2.05) is 51.1 Å². The SMILES string of the molecule is Cc1ccc(C(=O)NC(C(=O)N/N=C\c2ccc(OCc3ccccc3C#N)c(Br)c2)C(C)C)cc1. The summed E-state index contributed by atoms with van der Waals surface area (Å²) in [5.41, 5.74) is 6.16. The Bertz CT molecular complexity index is 1300. The second-order valence-electron chi connectivity index (χ2n) is 8.54. The van der Waals surface area contributed by atoms with Crippen LogP contribution in [-0.4, -0.2) is 24.1 Å². The zero-order chi connectivity index (χ0) is 26.1. The van der Waals surface area contributed by atoms with E-state index in [1.165, 1.54) is 6.21 Å². The zero-order valence-corrected chi connectivity index (χ0v) is 21.9. The number of ether oxygens (including phenoxy) is 1. The Morgan fingerprint density at radius 1 is 1.11 bits per heavy atom. The number of nitriles is 1. The van der Waals surface area contributed by atoms with Crippen molar-refractivity contribution in [3.63, 3.8) is 0 Å². The lowest BCUT2D eigenvalue weighted by molar-refractivity contribution is -0.123. The third-order valence-electron chi connectivity index (χ3n) is 5.41. The average Bonchev–Trinajstić information content (AvgIpc) is 2.87. The lowest BCUT2D eigenvalue weighted by atomic mass is 10.0. The van der Waals surface area contributed by atoms with E-state index in [-0.39, 0.29) is 18.4 Å². The first kappa shape index (κ1) is 26.6. The summed E-state index contributed by atoms with van der Waals surface area (Å²) in [5, 5.41) is 16.1. The second kappa shape index (κ2) is 12.7. The van der Waals surface area contributed by atoms with E-state index in [0.717, 1.165) is 16.7 Å². The van der Waals surface area contributed by atoms with Crippen LogP contribution in [0, 0.1) is 24.2 Å². The van der Waals surface area contributed by atoms with E-state index in [9.17, 15) is 14.9 Å². The number of nitrogens with zero attached hydrogens (tertiary/aromatic N) is 2. The Balaban J connectivity index is 1.58. The maximum atomic E-state index is 12.7. The summed E-state index contributed by atoms with van der Waals surface area (Å²) in [5.74, 6) is -0.240. The molecular weight excluding hydrogens is 520 g/mol. The van der Waals surface area contributed by atoms with Crippen LogP contribution < -0.4 is 15.5 Å². The van der Waals surface area contributed by atoms with Crippen LogP contribution in [0.1, 0.15) is 46.5 Å². The van der Waals surface area contributed by atoms with Gasteiger partial charge >= 0.3 is 0 Å². The Morgan fingerprint density at radius 2 is 1.83 bits per heavy atom. The first-order valence-electron chi connectivity index (χ1n) is 11.4. The minimum Gasteiger partial charge on any atom is -0.488 e. The van der Waals surface area contributed by atoms with E-state index in [2.05, 4.69) is 37.8 Å². The molecule has 0 aliphatic carbocycles. The van der Waals surface area contributed by atoms with Crippen LogP contribution in [0.5, 0.6) is 5.75 Å². The Morgan fingerprint density at radius 3 is 2.50 bits per heavy atom. The molecule has 0 fully saturated rings. The van der Waals surface area contributed by atoms with Gasteiger partial charge in [0.1, 0.15) is 18.4 Å². The molecular formula is C28H27BrN4O3. The molecule has 0 heterocycles. The Labute approximate surface area is 219 Å². The number of hydrogen-bond acceptors (Lipinski definition) is 5. The van der Waals surface area contributed by atoms with Crippen molar-refractivity contribution in [3.05, 3.63) is 99.0 Å². The summed E-state index contributed by atoms with van der Waals surface area (Å²) in [6, 6.07) is 21.2. The van der Waals surface area contributed by atoms with Gasteiger partial charge in [0, 0.05) is 11.1 Å². The normalized spacial score (nSPS) is 11.7. The third-order valence-corrected chi connectivity index (χ3v) is 6.03. The number of carbonyl (C=O) groups excluding carboxylic acids is 2. The van der Waals surface area contributed by atoms with Crippen molar-refractivity contribution >= 4 is 34.0 Å². The van der Waals surface area contributed by atoms with E-state index >= 15 is 0 Å². The van der Waals surface area contributed by atoms with Crippen molar-refractivity contribution in [3.8, 4) is 11.8 Å². The van der Waals surface area contributed by atoms with Crippen molar-refractivity contribution in [1.29, 1.82) is 5.26 Å². The van der Waals surface area contributed by atoms with Gasteiger partial charge in [-0.1, -0.05) is 49.7 Å². The van der Waals surface area contributed by atoms with Crippen LogP contribution in [0.4, 0.5) is 0 Å². The lowest BCUT2D eigenvalue weighted by Crippen LogP contribution is -2.48. The van der Waals surface area contributed by atoms with Gasteiger partial charge in [-0.05, 0) is 70.7 Å². The molecule has 184 valence electrons. The molecule has 3 aromatic rings. The molecule has 0 aliphatic rings. The lowest BCUT2D eigenvalue weighted by Gasteiger charge is -2.20. The number of halogens is 1. The van der Waals surface area contributed by atoms with Gasteiger partial charge in [-0.3, -0.25) is 9.59 Å². The largest absolute Gasteiger partial charge is 0.488 e. The van der Waals surface area contributed by atoms with Gasteiger partial charge in [0.15, 0.2) is 0 Å². The van der Waals surface area contributed by atoms with Crippen LogP contribution in [-0.2, 0) is 11.4 Å². The highest BCUT2D eigenvalue weighted by Crippen LogP contribution is 2.26. The quantitative estimate of drug-likeness (QED) is 0.287. The van der Waals surface area contributed by atoms with Crippen LogP contribution in [0.2, 0.25) is 0 Å². The Kier molecular flexibility index (Phi) is 9.37. The summed E-state index contributed by atoms with van der Waals surface area (Å²) >= 11 is 3.49. The van der Waals surface area contributed by atoms with E-state index in [0.29, 0.717) is 21.3 Å². The van der Waals surface area contributed by atoms with Gasteiger partial charge in [0.05, 0.1) is 22.3 Å². The summed E-state index contributed by atoms with van der Waals surface area (Å²) < 4.78 is 6.55. The number of nitrogens with one attached hydrogen (secondary N) is 2. The minimum absolute atomic E-state index is 0.133. The first-order chi connectivity index (χ1) is 17.3. The number of amides is 2. The highest BCUT2D eigenvalue weighted by molar-refractivity contribution is 9.10. The maximum absolute atomic E-state index is 12.7. The summed E-state index contributed by atoms with van der Waals surface area (Å²) in [7, 11) is 0. The molecule has 2 N–H and O–H groups in total. The summed E-state index contributed by atoms with van der Waals surface area (Å²) in [6.45, 7) is 5.92. The molecule has 0 radical (unpaired) electrons. The zero-order valence-electron chi connectivity index (χ0n) is 20.3. The van der Waals surface area contributed by atoms with Gasteiger partial charge in [-0.2, -0.15) is 10.4 Å². The van der Waals surface area contributed by atoms with Gasteiger partial charge in [-0.25, -0.2) is 5.43 Å². The molecule has 3 rings (SSSR count). The van der Waals surface area contributed by atoms with Crippen LogP contribution in [0.15, 0.2) is 76.3 Å². The van der Waals surface area contributed by atoms with Crippen LogP contribution in [0.3, 0.4) is 0 Å². The number of hydrazone groups is 1. The van der Waals surface area contributed by atoms with Crippen molar-refractivity contribution in [2.45, 2.75) is 33.4 Å². The first-order valence-corrected chi connectivity index (χ1v) is 12.2. The number of benzene rings is 3. The second-order valence-corrected chi connectivity index (χ2v) is 9.40. The standard InChI is InChI=1S/C28H27BrN4O3/c1-18(2)26(32-27(34)21-11-8-19(3)9-12-21)28(35)33-31-16-20-10-13-25(24(29)14-20)36-17-23-7-5-4-6-22(23)15-30/h4-14,16,18,26H,17H2,1-3H3,(H,32,34)(H,33,35)/b31-16-. The van der Waals surface area contributed by atoms with Gasteiger partial charge in [0.2, 0.25) is 0 Å². The molecule has 0 bridgehead atoms. The van der Waals surface area contributed by atoms with Crippen molar-refractivity contribution in [1.82, 2.24) is 10.7 Å². The van der Waals surface area contributed by atoms with Crippen LogP contribution >= 0.6 is 15.9 Å². The molecule has 0 aromatic heterocycles. The molecule has 8 heteroatoms. The van der Waals surface area contributed by atoms with Gasteiger partial charge in [-0.15, -0.1) is 0 Å². The highest BCUT2D eigenvalue weighted by atomic mass is 79.9. The van der Waals surface area contributed by atoms with Gasteiger partial charge in [0.25, 0.3) is 11.8 Å². The number of aryl methyl sites for hydroxylation is 1. The topological polar surface area (TPSA) is 104 Å². The predicted octanol–water partition coefficient (Wildman–Crippen LogP) is 5.11. The molecule has 36 heavy (non-hydrogen) atoms. The highest BCUT2D eigenvalue weighted by Gasteiger charge is 2.24. The minimum atomic E-state index is -0.741. The number of hydrogen-bond donors (Lipinski definition) is 2. The molecule has 7 nitrogen and oxygen atoms in total. The molecule has 0 saturated carbocycles. The van der Waals surface area contributed by atoms with Crippen molar-refractivity contribution in [2.24, 2.45) is 11.0 Å². The van der Waals surface area contributed by atoms with Crippen molar-refractivity contribution < 1.29 is 14.3 Å². The van der Waals surface area contributed by atoms with Crippen molar-refractivity contribution in [2.75, 3.05) is 0 Å². The average molecular weight is 547 g/mol. The molecule has 0 aliphatic heterocycles. The summed E-state index contributed by atoms with van der Waals surface area (Å²) in [4.78, 5) is 25.3.